The third kappa shape index (κ3) is 2.44. The molecule has 2 aromatic carbocycles. The van der Waals surface area contributed by atoms with Crippen molar-refractivity contribution in [2.75, 3.05) is 0 Å². The summed E-state index contributed by atoms with van der Waals surface area (Å²) in [5.74, 6) is -0.794. The van der Waals surface area contributed by atoms with E-state index in [9.17, 15) is 13.6 Å². The van der Waals surface area contributed by atoms with E-state index in [2.05, 4.69) is 0 Å². The summed E-state index contributed by atoms with van der Waals surface area (Å²) in [5.41, 5.74) is 1.73. The van der Waals surface area contributed by atoms with Gasteiger partial charge in [0.25, 0.3) is 0 Å². The van der Waals surface area contributed by atoms with Crippen molar-refractivity contribution in [1.29, 1.82) is 0 Å². The number of nitrogens with zero attached hydrogens (tertiary/aromatic N) is 1. The molecule has 0 spiro atoms. The molecule has 3 rings (SSSR count). The van der Waals surface area contributed by atoms with Crippen LogP contribution in [0.4, 0.5) is 8.78 Å². The van der Waals surface area contributed by atoms with E-state index in [1.165, 1.54) is 25.1 Å². The molecule has 0 atom stereocenters. The van der Waals surface area contributed by atoms with Gasteiger partial charge in [-0.2, -0.15) is 0 Å². The molecule has 0 aliphatic carbocycles. The fraction of sp³-hybridized carbons (Fsp3) is 0.118. The predicted octanol–water partition coefficient (Wildman–Crippen LogP) is 4.17. The molecule has 3 aromatic rings. The topological polar surface area (TPSA) is 22.0 Å². The van der Waals surface area contributed by atoms with Crippen molar-refractivity contribution >= 4 is 16.7 Å². The molecule has 0 fully saturated rings. The highest BCUT2D eigenvalue weighted by molar-refractivity contribution is 6.07. The minimum absolute atomic E-state index is 0.108. The zero-order valence-electron chi connectivity index (χ0n) is 11.4. The number of hydrogen-bond acceptors (Lipinski definition) is 1. The Labute approximate surface area is 120 Å². The third-order valence-electron chi connectivity index (χ3n) is 3.49. The molecule has 0 unspecified atom stereocenters. The summed E-state index contributed by atoms with van der Waals surface area (Å²) in [5, 5.41) is 0.601. The summed E-state index contributed by atoms with van der Waals surface area (Å²) in [7, 11) is 0. The zero-order valence-corrected chi connectivity index (χ0v) is 11.4. The van der Waals surface area contributed by atoms with Gasteiger partial charge >= 0.3 is 0 Å². The van der Waals surface area contributed by atoms with Crippen LogP contribution in [0, 0.1) is 11.6 Å². The molecule has 1 heterocycles. The van der Waals surface area contributed by atoms with E-state index >= 15 is 0 Å². The molecule has 4 heteroatoms. The third-order valence-corrected chi connectivity index (χ3v) is 3.49. The number of hydrogen-bond donors (Lipinski definition) is 0. The Hall–Kier alpha value is -2.49. The summed E-state index contributed by atoms with van der Waals surface area (Å²) in [6.45, 7) is 1.84. The van der Waals surface area contributed by atoms with Gasteiger partial charge < -0.3 is 4.57 Å². The highest BCUT2D eigenvalue weighted by Crippen LogP contribution is 2.25. The number of para-hydroxylation sites is 1. The minimum Gasteiger partial charge on any atom is -0.340 e. The standard InChI is InChI=1S/C17H13F2NO/c1-11(21)15-10-20(9-12-5-7-13(18)8-6-12)17-14(15)3-2-4-16(17)19/h2-8,10H,9H2,1H3. The monoisotopic (exact) mass is 285 g/mol. The highest BCUT2D eigenvalue weighted by Gasteiger charge is 2.15. The van der Waals surface area contributed by atoms with E-state index in [1.807, 2.05) is 0 Å². The molecule has 0 N–H and O–H groups in total. The Balaban J connectivity index is 2.13. The number of Topliss-reactive ketones (excluding diaryl/α,β-unsaturated/α-hetero) is 1. The SMILES string of the molecule is CC(=O)c1cn(Cc2ccc(F)cc2)c2c(F)cccc12. The van der Waals surface area contributed by atoms with Crippen molar-refractivity contribution in [1.82, 2.24) is 4.57 Å². The van der Waals surface area contributed by atoms with E-state index in [0.29, 0.717) is 23.0 Å². The molecule has 1 aromatic heterocycles. The Morgan fingerprint density at radius 2 is 1.81 bits per heavy atom. The fourth-order valence-electron chi connectivity index (χ4n) is 2.51. The van der Waals surface area contributed by atoms with Crippen LogP contribution in [0.3, 0.4) is 0 Å². The number of ketones is 1. The second kappa shape index (κ2) is 5.13. The molecular formula is C17H13F2NO. The Morgan fingerprint density at radius 3 is 2.48 bits per heavy atom. The molecule has 0 aliphatic rings. The lowest BCUT2D eigenvalue weighted by Crippen LogP contribution is -1.99. The smallest absolute Gasteiger partial charge is 0.161 e. The van der Waals surface area contributed by atoms with E-state index < -0.39 is 0 Å². The highest BCUT2D eigenvalue weighted by atomic mass is 19.1. The number of halogens is 2. The largest absolute Gasteiger partial charge is 0.340 e. The van der Waals surface area contributed by atoms with Crippen LogP contribution in [-0.2, 0) is 6.54 Å². The van der Waals surface area contributed by atoms with Crippen molar-refractivity contribution in [2.45, 2.75) is 13.5 Å². The van der Waals surface area contributed by atoms with Gasteiger partial charge in [-0.15, -0.1) is 0 Å². The summed E-state index contributed by atoms with van der Waals surface area (Å²) < 4.78 is 28.7. The maximum absolute atomic E-state index is 14.1. The maximum Gasteiger partial charge on any atom is 0.161 e. The first-order valence-electron chi connectivity index (χ1n) is 6.59. The van der Waals surface area contributed by atoms with E-state index in [-0.39, 0.29) is 17.4 Å². The predicted molar refractivity (Wildman–Crippen MR) is 77.4 cm³/mol. The molecule has 0 amide bonds. The second-order valence-electron chi connectivity index (χ2n) is 4.99. The van der Waals surface area contributed by atoms with Gasteiger partial charge in [0.15, 0.2) is 5.78 Å². The Bertz CT molecular complexity index is 819. The lowest BCUT2D eigenvalue weighted by molar-refractivity contribution is 0.101. The molecule has 2 nitrogen and oxygen atoms in total. The average Bonchev–Trinajstić information content (AvgIpc) is 2.82. The van der Waals surface area contributed by atoms with Gasteiger partial charge in [0, 0.05) is 23.7 Å². The summed E-state index contributed by atoms with van der Waals surface area (Å²) in [6.07, 6.45) is 1.65. The Kier molecular flexibility index (Phi) is 3.29. The quantitative estimate of drug-likeness (QED) is 0.662. The van der Waals surface area contributed by atoms with Crippen LogP contribution >= 0.6 is 0 Å². The first-order valence-corrected chi connectivity index (χ1v) is 6.59. The molecular weight excluding hydrogens is 272 g/mol. The van der Waals surface area contributed by atoms with Crippen LogP contribution in [0.2, 0.25) is 0 Å². The van der Waals surface area contributed by atoms with Crippen molar-refractivity contribution in [3.05, 3.63) is 71.4 Å². The van der Waals surface area contributed by atoms with Gasteiger partial charge in [0.2, 0.25) is 0 Å². The lowest BCUT2D eigenvalue weighted by atomic mass is 10.1. The number of fused-ring (bicyclic) bond motifs is 1. The zero-order chi connectivity index (χ0) is 15.0. The molecule has 21 heavy (non-hydrogen) atoms. The fourth-order valence-corrected chi connectivity index (χ4v) is 2.51. The van der Waals surface area contributed by atoms with E-state index in [0.717, 1.165) is 5.56 Å². The summed E-state index contributed by atoms with van der Waals surface area (Å²) in [4.78, 5) is 11.7. The van der Waals surface area contributed by atoms with Crippen molar-refractivity contribution in [3.8, 4) is 0 Å². The van der Waals surface area contributed by atoms with Crippen LogP contribution < -0.4 is 0 Å². The van der Waals surface area contributed by atoms with Gasteiger partial charge in [-0.05, 0) is 30.7 Å². The van der Waals surface area contributed by atoms with Crippen LogP contribution in [0.25, 0.3) is 10.9 Å². The number of benzene rings is 2. The van der Waals surface area contributed by atoms with Crippen molar-refractivity contribution in [3.63, 3.8) is 0 Å². The van der Waals surface area contributed by atoms with E-state index in [4.69, 9.17) is 0 Å². The maximum atomic E-state index is 14.1. The number of carbonyl (C=O) groups is 1. The number of aromatic nitrogens is 1. The first kappa shape index (κ1) is 13.5. The van der Waals surface area contributed by atoms with Gasteiger partial charge in [-0.1, -0.05) is 24.3 Å². The molecule has 0 bridgehead atoms. The first-order chi connectivity index (χ1) is 10.1. The molecule has 0 saturated carbocycles. The van der Waals surface area contributed by atoms with Gasteiger partial charge in [0.05, 0.1) is 5.52 Å². The Morgan fingerprint density at radius 1 is 1.10 bits per heavy atom. The normalized spacial score (nSPS) is 11.0. The minimum atomic E-state index is -0.373. The molecule has 0 saturated heterocycles. The van der Waals surface area contributed by atoms with Crippen LogP contribution in [-0.4, -0.2) is 10.4 Å². The van der Waals surface area contributed by atoms with Crippen LogP contribution in [0.5, 0.6) is 0 Å². The van der Waals surface area contributed by atoms with Gasteiger partial charge in [-0.25, -0.2) is 8.78 Å². The molecule has 0 aliphatic heterocycles. The van der Waals surface area contributed by atoms with Crippen LogP contribution in [0.1, 0.15) is 22.8 Å². The van der Waals surface area contributed by atoms with Crippen LogP contribution in [0.15, 0.2) is 48.7 Å². The number of rotatable bonds is 3. The molecule has 106 valence electrons. The van der Waals surface area contributed by atoms with Crippen molar-refractivity contribution < 1.29 is 13.6 Å². The second-order valence-corrected chi connectivity index (χ2v) is 4.99. The van der Waals surface area contributed by atoms with Crippen molar-refractivity contribution in [2.24, 2.45) is 0 Å². The summed E-state index contributed by atoms with van der Waals surface area (Å²) in [6, 6.07) is 10.7. The number of carbonyl (C=O) groups excluding carboxylic acids is 1. The molecule has 0 radical (unpaired) electrons. The van der Waals surface area contributed by atoms with Gasteiger partial charge in [-0.3, -0.25) is 4.79 Å². The van der Waals surface area contributed by atoms with E-state index in [1.54, 1.807) is 35.0 Å². The average molecular weight is 285 g/mol. The summed E-state index contributed by atoms with van der Waals surface area (Å²) >= 11 is 0. The van der Waals surface area contributed by atoms with Gasteiger partial charge in [0.1, 0.15) is 11.6 Å². The lowest BCUT2D eigenvalue weighted by Gasteiger charge is -2.06.